The van der Waals surface area contributed by atoms with Crippen molar-refractivity contribution in [2.24, 2.45) is 5.84 Å². The van der Waals surface area contributed by atoms with Gasteiger partial charge in [-0.2, -0.15) is 0 Å². The van der Waals surface area contributed by atoms with E-state index in [1.165, 1.54) is 23.1 Å². The second kappa shape index (κ2) is 5.89. The smallest absolute Gasteiger partial charge is 0.333 e. The zero-order valence-electron chi connectivity index (χ0n) is 10.4. The number of rotatable bonds is 4. The van der Waals surface area contributed by atoms with E-state index in [1.54, 1.807) is 0 Å². The van der Waals surface area contributed by atoms with Gasteiger partial charge in [0.25, 0.3) is 11.3 Å². The zero-order chi connectivity index (χ0) is 15.6. The molecule has 0 aromatic carbocycles. The normalized spacial score (nSPS) is 10.4. The first-order chi connectivity index (χ1) is 9.92. The third kappa shape index (κ3) is 3.17. The van der Waals surface area contributed by atoms with Gasteiger partial charge >= 0.3 is 5.69 Å². The van der Waals surface area contributed by atoms with Crippen molar-refractivity contribution < 1.29 is 14.1 Å². The summed E-state index contributed by atoms with van der Waals surface area (Å²) in [5, 5.41) is 10.8. The van der Waals surface area contributed by atoms with Gasteiger partial charge in [0, 0.05) is 6.20 Å². The lowest BCUT2D eigenvalue weighted by atomic mass is 10.3. The summed E-state index contributed by atoms with van der Waals surface area (Å²) in [7, 11) is 0. The summed E-state index contributed by atoms with van der Waals surface area (Å²) in [6.07, 6.45) is 3.70. The minimum absolute atomic E-state index is 0.0585. The molecular weight excluding hydrogens is 348 g/mol. The fourth-order valence-corrected chi connectivity index (χ4v) is 2.11. The van der Waals surface area contributed by atoms with E-state index in [4.69, 9.17) is 10.3 Å². The number of carbonyl (C=O) groups is 1. The van der Waals surface area contributed by atoms with Crippen LogP contribution in [-0.4, -0.2) is 15.4 Å². The topological polar surface area (TPSA) is 133 Å². The number of furan rings is 1. The quantitative estimate of drug-likeness (QED) is 0.359. The molecular formula is C11H9BrN4O5. The van der Waals surface area contributed by atoms with Gasteiger partial charge in [0.2, 0.25) is 0 Å². The first-order valence-electron chi connectivity index (χ1n) is 5.54. The molecule has 0 radical (unpaired) electrons. The molecule has 10 heteroatoms. The molecule has 0 spiro atoms. The summed E-state index contributed by atoms with van der Waals surface area (Å²) >= 11 is 2.97. The van der Waals surface area contributed by atoms with Gasteiger partial charge in [-0.05, 0) is 22.0 Å². The Morgan fingerprint density at radius 3 is 2.86 bits per heavy atom. The van der Waals surface area contributed by atoms with Crippen molar-refractivity contribution in [2.75, 3.05) is 0 Å². The molecule has 0 fully saturated rings. The van der Waals surface area contributed by atoms with Crippen molar-refractivity contribution in [3.63, 3.8) is 0 Å². The highest BCUT2D eigenvalue weighted by atomic mass is 79.9. The highest BCUT2D eigenvalue weighted by Crippen LogP contribution is 2.14. The Morgan fingerprint density at radius 1 is 1.52 bits per heavy atom. The highest BCUT2D eigenvalue weighted by molar-refractivity contribution is 9.10. The Kier molecular flexibility index (Phi) is 4.19. The van der Waals surface area contributed by atoms with Crippen molar-refractivity contribution in [3.8, 4) is 0 Å². The van der Waals surface area contributed by atoms with Crippen LogP contribution in [0, 0.1) is 10.1 Å². The van der Waals surface area contributed by atoms with Crippen LogP contribution in [0.1, 0.15) is 16.1 Å². The lowest BCUT2D eigenvalue weighted by molar-refractivity contribution is -0.386. The first kappa shape index (κ1) is 14.9. The number of hydrogen-bond donors (Lipinski definition) is 2. The van der Waals surface area contributed by atoms with Crippen LogP contribution in [0.3, 0.4) is 0 Å². The molecule has 2 aromatic heterocycles. The third-order valence-corrected chi connectivity index (χ3v) is 3.16. The van der Waals surface area contributed by atoms with E-state index in [0.717, 1.165) is 6.20 Å². The van der Waals surface area contributed by atoms with E-state index >= 15 is 0 Å². The molecule has 0 unspecified atom stereocenters. The Balaban J connectivity index is 2.32. The van der Waals surface area contributed by atoms with Crippen molar-refractivity contribution in [2.45, 2.75) is 6.54 Å². The molecule has 2 rings (SSSR count). The number of nitro groups is 1. The molecule has 0 aliphatic carbocycles. The minimum atomic E-state index is -0.765. The van der Waals surface area contributed by atoms with Crippen LogP contribution in [0.15, 0.2) is 38.4 Å². The van der Waals surface area contributed by atoms with Crippen LogP contribution in [0.2, 0.25) is 0 Å². The summed E-state index contributed by atoms with van der Waals surface area (Å²) in [6.45, 7) is 0.109. The number of halogens is 1. The number of pyridine rings is 1. The molecule has 0 bridgehead atoms. The van der Waals surface area contributed by atoms with E-state index in [-0.39, 0.29) is 16.6 Å². The van der Waals surface area contributed by atoms with Gasteiger partial charge < -0.3 is 8.98 Å². The van der Waals surface area contributed by atoms with Crippen LogP contribution >= 0.6 is 15.9 Å². The molecule has 110 valence electrons. The maximum absolute atomic E-state index is 11.6. The van der Waals surface area contributed by atoms with Crippen LogP contribution < -0.4 is 16.7 Å². The fourth-order valence-electron chi connectivity index (χ4n) is 1.65. The number of hydrogen-bond acceptors (Lipinski definition) is 6. The number of aromatic nitrogens is 1. The number of nitrogens with two attached hydrogens (primary N) is 1. The molecule has 0 aliphatic rings. The summed E-state index contributed by atoms with van der Waals surface area (Å²) in [5.41, 5.74) is 0.911. The van der Waals surface area contributed by atoms with Gasteiger partial charge in [-0.15, -0.1) is 0 Å². The maximum Gasteiger partial charge on any atom is 0.333 e. The molecule has 2 aromatic rings. The molecule has 0 atom stereocenters. The number of nitrogens with one attached hydrogen (secondary N) is 1. The zero-order valence-corrected chi connectivity index (χ0v) is 12.0. The fraction of sp³-hybridized carbons (Fsp3) is 0.0909. The molecule has 9 nitrogen and oxygen atoms in total. The molecule has 0 saturated heterocycles. The third-order valence-electron chi connectivity index (χ3n) is 2.60. The lowest BCUT2D eigenvalue weighted by Crippen LogP contribution is -2.29. The number of hydrazine groups is 1. The number of nitrogens with zero attached hydrogens (tertiary/aromatic N) is 2. The first-order valence-corrected chi connectivity index (χ1v) is 6.34. The van der Waals surface area contributed by atoms with Gasteiger partial charge in [-0.3, -0.25) is 25.1 Å². The van der Waals surface area contributed by atoms with Crippen molar-refractivity contribution >= 4 is 27.5 Å². The Hall–Kier alpha value is -2.46. The average Bonchev–Trinajstić information content (AvgIpc) is 2.90. The highest BCUT2D eigenvalue weighted by Gasteiger charge is 2.16. The van der Waals surface area contributed by atoms with Gasteiger partial charge in [0.15, 0.2) is 0 Å². The molecule has 21 heavy (non-hydrogen) atoms. The molecule has 0 saturated carbocycles. The minimum Gasteiger partial charge on any atom is -0.467 e. The number of amides is 1. The van der Waals surface area contributed by atoms with Crippen molar-refractivity contribution in [3.05, 3.63) is 60.9 Å². The van der Waals surface area contributed by atoms with Gasteiger partial charge in [0.1, 0.15) is 12.0 Å². The predicted octanol–water partition coefficient (Wildman–Crippen LogP) is 0.764. The second-order valence-electron chi connectivity index (χ2n) is 4.03. The molecule has 3 N–H and O–H groups in total. The van der Waals surface area contributed by atoms with Gasteiger partial charge in [-0.1, -0.05) is 0 Å². The largest absolute Gasteiger partial charge is 0.467 e. The SMILES string of the molecule is NNC(=O)c1coc(Cn2cc(Br)c(=O)c([N+](=O)[O-])c2)c1. The summed E-state index contributed by atoms with van der Waals surface area (Å²) in [4.78, 5) is 32.9. The van der Waals surface area contributed by atoms with Crippen LogP contribution in [0.5, 0.6) is 0 Å². The van der Waals surface area contributed by atoms with Gasteiger partial charge in [0.05, 0.1) is 27.7 Å². The van der Waals surface area contributed by atoms with E-state index in [0.29, 0.717) is 5.76 Å². The Bertz CT molecular complexity index is 766. The maximum atomic E-state index is 11.6. The van der Waals surface area contributed by atoms with E-state index < -0.39 is 21.9 Å². The summed E-state index contributed by atoms with van der Waals surface area (Å²) in [5.74, 6) is 4.85. The van der Waals surface area contributed by atoms with Gasteiger partial charge in [-0.25, -0.2) is 5.84 Å². The van der Waals surface area contributed by atoms with Crippen molar-refractivity contribution in [1.29, 1.82) is 0 Å². The summed E-state index contributed by atoms with van der Waals surface area (Å²) in [6, 6.07) is 1.44. The lowest BCUT2D eigenvalue weighted by Gasteiger charge is -2.04. The number of nitrogen functional groups attached to an aromatic ring is 1. The van der Waals surface area contributed by atoms with E-state index in [9.17, 15) is 19.7 Å². The monoisotopic (exact) mass is 356 g/mol. The van der Waals surface area contributed by atoms with Crippen molar-refractivity contribution in [1.82, 2.24) is 9.99 Å². The second-order valence-corrected chi connectivity index (χ2v) is 4.88. The molecule has 2 heterocycles. The van der Waals surface area contributed by atoms with E-state index in [2.05, 4.69) is 15.9 Å². The number of carbonyl (C=O) groups excluding carboxylic acids is 1. The average molecular weight is 357 g/mol. The van der Waals surface area contributed by atoms with E-state index in [1.807, 2.05) is 5.43 Å². The summed E-state index contributed by atoms with van der Waals surface area (Å²) < 4.78 is 6.62. The van der Waals surface area contributed by atoms with Crippen LogP contribution in [0.25, 0.3) is 0 Å². The van der Waals surface area contributed by atoms with Crippen LogP contribution in [0.4, 0.5) is 5.69 Å². The molecule has 0 aliphatic heterocycles. The van der Waals surface area contributed by atoms with Crippen LogP contribution in [-0.2, 0) is 6.54 Å². The Morgan fingerprint density at radius 2 is 2.24 bits per heavy atom. The molecule has 1 amide bonds. The predicted molar refractivity (Wildman–Crippen MR) is 74.5 cm³/mol. The Labute approximate surface area is 125 Å². The standard InChI is InChI=1S/C11H9BrN4O5/c12-8-3-15(4-9(10(8)17)16(19)20)2-7-1-6(5-21-7)11(18)14-13/h1,3-5H,2,13H2,(H,14,18).